The number of ether oxygens (including phenoxy) is 2. The fourth-order valence-electron chi connectivity index (χ4n) is 1.99. The van der Waals surface area contributed by atoms with Crippen LogP contribution in [0.1, 0.15) is 19.4 Å². The van der Waals surface area contributed by atoms with E-state index in [1.54, 1.807) is 12.4 Å². The molecule has 0 radical (unpaired) electrons. The first-order valence-corrected chi connectivity index (χ1v) is 6.98. The van der Waals surface area contributed by atoms with Gasteiger partial charge in [0.1, 0.15) is 24.7 Å². The maximum absolute atomic E-state index is 5.70. The van der Waals surface area contributed by atoms with Crippen LogP contribution in [0.2, 0.25) is 0 Å². The Morgan fingerprint density at radius 2 is 1.75 bits per heavy atom. The Morgan fingerprint density at radius 1 is 1.00 bits per heavy atom. The summed E-state index contributed by atoms with van der Waals surface area (Å²) in [6.45, 7) is 5.48. The van der Waals surface area contributed by atoms with Crippen LogP contribution in [0.15, 0.2) is 48.8 Å². The molecule has 1 aromatic carbocycles. The highest BCUT2D eigenvalue weighted by Gasteiger charge is 2.00. The van der Waals surface area contributed by atoms with Crippen molar-refractivity contribution in [3.8, 4) is 11.5 Å². The van der Waals surface area contributed by atoms with Crippen LogP contribution >= 0.6 is 0 Å². The van der Waals surface area contributed by atoms with Gasteiger partial charge < -0.3 is 9.47 Å². The predicted octanol–water partition coefficient (Wildman–Crippen LogP) is 3.74. The molecule has 0 saturated heterocycles. The maximum Gasteiger partial charge on any atom is 0.137 e. The number of nitrogens with zero attached hydrogens (tertiary/aromatic N) is 1. The van der Waals surface area contributed by atoms with Gasteiger partial charge in [0.05, 0.1) is 6.20 Å². The molecular formula is C17H21NO2. The molecule has 0 N–H and O–H groups in total. The molecule has 1 aromatic heterocycles. The lowest BCUT2D eigenvalue weighted by molar-refractivity contribution is 0.216. The second-order valence-electron chi connectivity index (χ2n) is 5.13. The van der Waals surface area contributed by atoms with Gasteiger partial charge >= 0.3 is 0 Å². The van der Waals surface area contributed by atoms with Crippen LogP contribution in [0.25, 0.3) is 0 Å². The number of hydrogen-bond acceptors (Lipinski definition) is 3. The molecule has 0 fully saturated rings. The maximum atomic E-state index is 5.70. The van der Waals surface area contributed by atoms with Gasteiger partial charge in [0.2, 0.25) is 0 Å². The van der Waals surface area contributed by atoms with Crippen molar-refractivity contribution in [2.24, 2.45) is 5.92 Å². The zero-order valence-electron chi connectivity index (χ0n) is 12.1. The zero-order chi connectivity index (χ0) is 14.2. The Kier molecular flexibility index (Phi) is 5.42. The van der Waals surface area contributed by atoms with E-state index in [-0.39, 0.29) is 0 Å². The SMILES string of the molecule is CC(C)Cc1cccc(OCCOc2cccnc2)c1. The van der Waals surface area contributed by atoms with Crippen LogP contribution in [0.4, 0.5) is 0 Å². The van der Waals surface area contributed by atoms with Crippen molar-refractivity contribution < 1.29 is 9.47 Å². The van der Waals surface area contributed by atoms with Crippen molar-refractivity contribution in [3.05, 3.63) is 54.4 Å². The summed E-state index contributed by atoms with van der Waals surface area (Å²) in [6.07, 6.45) is 4.50. The molecule has 2 aromatic rings. The highest BCUT2D eigenvalue weighted by atomic mass is 16.5. The Labute approximate surface area is 120 Å². The third-order valence-corrected chi connectivity index (χ3v) is 2.80. The standard InChI is InChI=1S/C17H21NO2/c1-14(2)11-15-5-3-6-16(12-15)19-9-10-20-17-7-4-8-18-13-17/h3-8,12-14H,9-11H2,1-2H3. The van der Waals surface area contributed by atoms with Gasteiger partial charge in [0.25, 0.3) is 0 Å². The summed E-state index contributed by atoms with van der Waals surface area (Å²) >= 11 is 0. The molecule has 0 unspecified atom stereocenters. The molecule has 0 aliphatic rings. The van der Waals surface area contributed by atoms with E-state index in [0.29, 0.717) is 19.1 Å². The van der Waals surface area contributed by atoms with Crippen molar-refractivity contribution in [1.29, 1.82) is 0 Å². The lowest BCUT2D eigenvalue weighted by atomic mass is 10.0. The highest BCUT2D eigenvalue weighted by molar-refractivity contribution is 5.28. The van der Waals surface area contributed by atoms with Gasteiger partial charge in [-0.05, 0) is 42.2 Å². The molecule has 0 bridgehead atoms. The molecule has 106 valence electrons. The monoisotopic (exact) mass is 271 g/mol. The smallest absolute Gasteiger partial charge is 0.137 e. The van der Waals surface area contributed by atoms with Gasteiger partial charge in [-0.15, -0.1) is 0 Å². The lowest BCUT2D eigenvalue weighted by Crippen LogP contribution is -2.09. The van der Waals surface area contributed by atoms with E-state index in [0.717, 1.165) is 17.9 Å². The van der Waals surface area contributed by atoms with Crippen LogP contribution < -0.4 is 9.47 Å². The van der Waals surface area contributed by atoms with Gasteiger partial charge in [-0.3, -0.25) is 4.98 Å². The Hall–Kier alpha value is -2.03. The minimum atomic E-state index is 0.514. The second-order valence-corrected chi connectivity index (χ2v) is 5.13. The number of pyridine rings is 1. The minimum absolute atomic E-state index is 0.514. The van der Waals surface area contributed by atoms with Crippen molar-refractivity contribution in [2.75, 3.05) is 13.2 Å². The fraction of sp³-hybridized carbons (Fsp3) is 0.353. The minimum Gasteiger partial charge on any atom is -0.490 e. The molecule has 3 nitrogen and oxygen atoms in total. The highest BCUT2D eigenvalue weighted by Crippen LogP contribution is 2.16. The predicted molar refractivity (Wildman–Crippen MR) is 80.2 cm³/mol. The Balaban J connectivity index is 1.76. The average Bonchev–Trinajstić information content (AvgIpc) is 2.44. The molecule has 1 heterocycles. The first kappa shape index (κ1) is 14.4. The summed E-state index contributed by atoms with van der Waals surface area (Å²) in [5, 5.41) is 0. The molecule has 2 rings (SSSR count). The summed E-state index contributed by atoms with van der Waals surface area (Å²) in [7, 11) is 0. The summed E-state index contributed by atoms with van der Waals surface area (Å²) in [6, 6.07) is 12.0. The van der Waals surface area contributed by atoms with E-state index < -0.39 is 0 Å². The molecule has 0 spiro atoms. The molecule has 0 aliphatic carbocycles. The average molecular weight is 271 g/mol. The number of aromatic nitrogens is 1. The molecule has 0 aliphatic heterocycles. The van der Waals surface area contributed by atoms with Gasteiger partial charge in [-0.25, -0.2) is 0 Å². The van der Waals surface area contributed by atoms with Crippen LogP contribution in [-0.4, -0.2) is 18.2 Å². The van der Waals surface area contributed by atoms with Crippen LogP contribution in [0.3, 0.4) is 0 Å². The van der Waals surface area contributed by atoms with Gasteiger partial charge in [0, 0.05) is 6.20 Å². The Bertz CT molecular complexity index is 511. The molecule has 0 saturated carbocycles. The number of rotatable bonds is 7. The van der Waals surface area contributed by atoms with Gasteiger partial charge in [-0.1, -0.05) is 26.0 Å². The van der Waals surface area contributed by atoms with E-state index in [4.69, 9.17) is 9.47 Å². The molecule has 0 amide bonds. The van der Waals surface area contributed by atoms with Crippen molar-refractivity contribution in [2.45, 2.75) is 20.3 Å². The van der Waals surface area contributed by atoms with Crippen LogP contribution in [0.5, 0.6) is 11.5 Å². The van der Waals surface area contributed by atoms with E-state index >= 15 is 0 Å². The van der Waals surface area contributed by atoms with Crippen molar-refractivity contribution >= 4 is 0 Å². The van der Waals surface area contributed by atoms with Crippen molar-refractivity contribution in [1.82, 2.24) is 4.98 Å². The zero-order valence-corrected chi connectivity index (χ0v) is 12.1. The van der Waals surface area contributed by atoms with Crippen LogP contribution in [0, 0.1) is 5.92 Å². The topological polar surface area (TPSA) is 31.4 Å². The summed E-state index contributed by atoms with van der Waals surface area (Å²) < 4.78 is 11.2. The lowest BCUT2D eigenvalue weighted by Gasteiger charge is -2.10. The van der Waals surface area contributed by atoms with Gasteiger partial charge in [0.15, 0.2) is 0 Å². The Morgan fingerprint density at radius 3 is 2.45 bits per heavy atom. The van der Waals surface area contributed by atoms with Crippen molar-refractivity contribution in [3.63, 3.8) is 0 Å². The normalized spacial score (nSPS) is 10.6. The number of hydrogen-bond donors (Lipinski definition) is 0. The first-order valence-electron chi connectivity index (χ1n) is 6.98. The van der Waals surface area contributed by atoms with E-state index in [2.05, 4.69) is 31.0 Å². The van der Waals surface area contributed by atoms with Gasteiger partial charge in [-0.2, -0.15) is 0 Å². The largest absolute Gasteiger partial charge is 0.490 e. The summed E-state index contributed by atoms with van der Waals surface area (Å²) in [4.78, 5) is 3.99. The van der Waals surface area contributed by atoms with E-state index in [1.807, 2.05) is 24.3 Å². The van der Waals surface area contributed by atoms with E-state index in [1.165, 1.54) is 5.56 Å². The van der Waals surface area contributed by atoms with E-state index in [9.17, 15) is 0 Å². The van der Waals surface area contributed by atoms with Crippen LogP contribution in [-0.2, 0) is 6.42 Å². The molecule has 0 atom stereocenters. The molecule has 3 heteroatoms. The quantitative estimate of drug-likeness (QED) is 0.719. The molecule has 20 heavy (non-hydrogen) atoms. The summed E-state index contributed by atoms with van der Waals surface area (Å²) in [5.41, 5.74) is 1.31. The third-order valence-electron chi connectivity index (χ3n) is 2.80. The molecular weight excluding hydrogens is 250 g/mol. The third kappa shape index (κ3) is 4.92. The number of benzene rings is 1. The summed E-state index contributed by atoms with van der Waals surface area (Å²) in [5.74, 6) is 2.32. The second kappa shape index (κ2) is 7.53. The first-order chi connectivity index (χ1) is 9.74. The fourth-order valence-corrected chi connectivity index (χ4v) is 1.99.